The molecule has 0 aliphatic carbocycles. The summed E-state index contributed by atoms with van der Waals surface area (Å²) in [5.41, 5.74) is 4.56. The summed E-state index contributed by atoms with van der Waals surface area (Å²) in [6.07, 6.45) is 0.854. The Morgan fingerprint density at radius 1 is 1.07 bits per heavy atom. The lowest BCUT2D eigenvalue weighted by molar-refractivity contribution is -0.127. The quantitative estimate of drug-likeness (QED) is 0.469. The maximum absolute atomic E-state index is 12.5. The third-order valence-electron chi connectivity index (χ3n) is 3.80. The van der Waals surface area contributed by atoms with E-state index in [-0.39, 0.29) is 0 Å². The van der Waals surface area contributed by atoms with Crippen LogP contribution in [0.4, 0.5) is 0 Å². The highest BCUT2D eigenvalue weighted by molar-refractivity contribution is 6.35. The van der Waals surface area contributed by atoms with Gasteiger partial charge in [-0.05, 0) is 37.3 Å². The van der Waals surface area contributed by atoms with E-state index < -0.39 is 12.0 Å². The fourth-order valence-electron chi connectivity index (χ4n) is 2.39. The Kier molecular flexibility index (Phi) is 6.63. The number of halogens is 2. The van der Waals surface area contributed by atoms with Crippen LogP contribution in [0.3, 0.4) is 0 Å². The van der Waals surface area contributed by atoms with Gasteiger partial charge in [-0.1, -0.05) is 59.6 Å². The molecule has 1 unspecified atom stereocenters. The molecule has 7 heteroatoms. The number of ether oxygens (including phenoxy) is 1. The summed E-state index contributed by atoms with van der Waals surface area (Å²) in [6.45, 7) is 1.61. The molecule has 0 spiro atoms. The van der Waals surface area contributed by atoms with Gasteiger partial charge < -0.3 is 4.74 Å². The summed E-state index contributed by atoms with van der Waals surface area (Å²) in [6, 6.07) is 19.8. The van der Waals surface area contributed by atoms with Gasteiger partial charge in [-0.3, -0.25) is 9.78 Å². The molecule has 1 amide bonds. The number of hydrazone groups is 1. The van der Waals surface area contributed by atoms with Gasteiger partial charge >= 0.3 is 0 Å². The predicted molar refractivity (Wildman–Crippen MR) is 111 cm³/mol. The van der Waals surface area contributed by atoms with Crippen molar-refractivity contribution in [2.45, 2.75) is 13.0 Å². The normalized spacial score (nSPS) is 12.3. The van der Waals surface area contributed by atoms with Crippen LogP contribution in [0.15, 0.2) is 78.0 Å². The maximum atomic E-state index is 12.5. The van der Waals surface area contributed by atoms with E-state index in [0.29, 0.717) is 27.2 Å². The van der Waals surface area contributed by atoms with E-state index in [0.717, 1.165) is 5.56 Å². The summed E-state index contributed by atoms with van der Waals surface area (Å²) in [7, 11) is 0. The van der Waals surface area contributed by atoms with Crippen molar-refractivity contribution in [2.75, 3.05) is 0 Å². The van der Waals surface area contributed by atoms with E-state index in [1.165, 1.54) is 0 Å². The van der Waals surface area contributed by atoms with Crippen molar-refractivity contribution >= 4 is 34.8 Å². The van der Waals surface area contributed by atoms with E-state index >= 15 is 0 Å². The number of amides is 1. The predicted octanol–water partition coefficient (Wildman–Crippen LogP) is 4.72. The highest BCUT2D eigenvalue weighted by Crippen LogP contribution is 2.28. The maximum Gasteiger partial charge on any atom is 0.280 e. The van der Waals surface area contributed by atoms with E-state index in [2.05, 4.69) is 15.5 Å². The van der Waals surface area contributed by atoms with Gasteiger partial charge in [0.1, 0.15) is 11.5 Å². The number of pyridine rings is 1. The molecule has 3 aromatic rings. The molecule has 1 heterocycles. The second-order valence-corrected chi connectivity index (χ2v) is 6.70. The first-order valence-corrected chi connectivity index (χ1v) is 9.26. The second-order valence-electron chi connectivity index (χ2n) is 5.85. The topological polar surface area (TPSA) is 63.6 Å². The standard InChI is InChI=1S/C21H17Cl2N3O2/c1-14(28-19-11-10-16(22)13-17(19)23)21(27)26-25-20(15-7-3-2-4-8-15)18-9-5-6-12-24-18/h2-14H,1H3,(H,26,27). The molecule has 0 fully saturated rings. The van der Waals surface area contributed by atoms with Crippen molar-refractivity contribution in [3.63, 3.8) is 0 Å². The Hall–Kier alpha value is -2.89. The molecule has 0 radical (unpaired) electrons. The van der Waals surface area contributed by atoms with Gasteiger partial charge in [-0.15, -0.1) is 0 Å². The number of aromatic nitrogens is 1. The van der Waals surface area contributed by atoms with Gasteiger partial charge in [0.2, 0.25) is 0 Å². The Balaban J connectivity index is 1.77. The summed E-state index contributed by atoms with van der Waals surface area (Å²) in [5.74, 6) is -0.0546. The molecule has 0 aliphatic rings. The van der Waals surface area contributed by atoms with E-state index in [1.54, 1.807) is 31.3 Å². The van der Waals surface area contributed by atoms with Crippen LogP contribution in [0.5, 0.6) is 5.75 Å². The van der Waals surface area contributed by atoms with Crippen molar-refractivity contribution in [1.82, 2.24) is 10.4 Å². The first-order chi connectivity index (χ1) is 13.5. The van der Waals surface area contributed by atoms with Crippen LogP contribution in [0.25, 0.3) is 0 Å². The van der Waals surface area contributed by atoms with Gasteiger partial charge in [0.15, 0.2) is 6.10 Å². The SMILES string of the molecule is CC(Oc1ccc(Cl)cc1Cl)C(=O)NN=C(c1ccccc1)c1ccccn1. The minimum Gasteiger partial charge on any atom is -0.479 e. The summed E-state index contributed by atoms with van der Waals surface area (Å²) < 4.78 is 5.62. The lowest BCUT2D eigenvalue weighted by Gasteiger charge is -2.15. The minimum absolute atomic E-state index is 0.328. The lowest BCUT2D eigenvalue weighted by Crippen LogP contribution is -2.34. The first-order valence-electron chi connectivity index (χ1n) is 8.50. The number of carbonyl (C=O) groups excluding carboxylic acids is 1. The molecular formula is C21H17Cl2N3O2. The molecule has 142 valence electrons. The fraction of sp³-hybridized carbons (Fsp3) is 0.0952. The van der Waals surface area contributed by atoms with Crippen molar-refractivity contribution in [3.05, 3.63) is 94.2 Å². The molecule has 0 bridgehead atoms. The molecule has 3 rings (SSSR count). The number of hydrogen-bond acceptors (Lipinski definition) is 4. The summed E-state index contributed by atoms with van der Waals surface area (Å²) in [5, 5.41) is 5.10. The zero-order chi connectivity index (χ0) is 19.9. The third kappa shape index (κ3) is 5.09. The number of carbonyl (C=O) groups is 1. The van der Waals surface area contributed by atoms with Gasteiger partial charge in [0.25, 0.3) is 5.91 Å². The summed E-state index contributed by atoms with van der Waals surface area (Å²) in [4.78, 5) is 16.8. The molecule has 1 N–H and O–H groups in total. The minimum atomic E-state index is -0.816. The van der Waals surface area contributed by atoms with E-state index in [4.69, 9.17) is 27.9 Å². The van der Waals surface area contributed by atoms with Crippen LogP contribution in [0.1, 0.15) is 18.2 Å². The molecule has 0 saturated carbocycles. The van der Waals surface area contributed by atoms with Crippen LogP contribution in [0, 0.1) is 0 Å². The van der Waals surface area contributed by atoms with Gasteiger partial charge in [0, 0.05) is 16.8 Å². The highest BCUT2D eigenvalue weighted by Gasteiger charge is 2.17. The zero-order valence-corrected chi connectivity index (χ0v) is 16.5. The number of rotatable bonds is 6. The zero-order valence-electron chi connectivity index (χ0n) is 15.0. The Morgan fingerprint density at radius 2 is 1.82 bits per heavy atom. The molecule has 5 nitrogen and oxygen atoms in total. The number of hydrogen-bond donors (Lipinski definition) is 1. The lowest BCUT2D eigenvalue weighted by atomic mass is 10.1. The van der Waals surface area contributed by atoms with Crippen LogP contribution >= 0.6 is 23.2 Å². The van der Waals surface area contributed by atoms with Crippen LogP contribution in [0.2, 0.25) is 10.0 Å². The monoisotopic (exact) mass is 413 g/mol. The Bertz CT molecular complexity index is 938. The average molecular weight is 414 g/mol. The van der Waals surface area contributed by atoms with Crippen molar-refractivity contribution in [2.24, 2.45) is 5.10 Å². The Morgan fingerprint density at radius 3 is 2.50 bits per heavy atom. The Labute approximate surface area is 173 Å². The number of benzene rings is 2. The average Bonchev–Trinajstić information content (AvgIpc) is 2.71. The third-order valence-corrected chi connectivity index (χ3v) is 4.33. The van der Waals surface area contributed by atoms with Crippen LogP contribution < -0.4 is 10.2 Å². The van der Waals surface area contributed by atoms with Gasteiger partial charge in [-0.25, -0.2) is 5.43 Å². The fourth-order valence-corrected chi connectivity index (χ4v) is 2.84. The van der Waals surface area contributed by atoms with Crippen molar-refractivity contribution < 1.29 is 9.53 Å². The molecule has 28 heavy (non-hydrogen) atoms. The number of nitrogens with zero attached hydrogens (tertiary/aromatic N) is 2. The largest absolute Gasteiger partial charge is 0.479 e. The molecule has 0 saturated heterocycles. The molecule has 1 atom stereocenters. The van der Waals surface area contributed by atoms with Crippen molar-refractivity contribution in [1.29, 1.82) is 0 Å². The first kappa shape index (κ1) is 19.9. The van der Waals surface area contributed by atoms with Crippen LogP contribution in [-0.2, 0) is 4.79 Å². The van der Waals surface area contributed by atoms with Crippen LogP contribution in [-0.4, -0.2) is 22.7 Å². The second kappa shape index (κ2) is 9.35. The smallest absolute Gasteiger partial charge is 0.280 e. The van der Waals surface area contributed by atoms with Gasteiger partial charge in [0.05, 0.1) is 10.7 Å². The molecule has 1 aromatic heterocycles. The van der Waals surface area contributed by atoms with E-state index in [9.17, 15) is 4.79 Å². The van der Waals surface area contributed by atoms with Crippen molar-refractivity contribution in [3.8, 4) is 5.75 Å². The number of nitrogens with one attached hydrogen (secondary N) is 1. The summed E-state index contributed by atoms with van der Waals surface area (Å²) >= 11 is 12.0. The van der Waals surface area contributed by atoms with E-state index in [1.807, 2.05) is 48.5 Å². The molecule has 0 aliphatic heterocycles. The van der Waals surface area contributed by atoms with Gasteiger partial charge in [-0.2, -0.15) is 5.10 Å². The molecule has 2 aromatic carbocycles. The highest BCUT2D eigenvalue weighted by atomic mass is 35.5. The molecular weight excluding hydrogens is 397 g/mol.